The minimum atomic E-state index is 0.110. The average Bonchev–Trinajstić information content (AvgIpc) is 3.35. The fourth-order valence-electron chi connectivity index (χ4n) is 4.05. The summed E-state index contributed by atoms with van der Waals surface area (Å²) in [7, 11) is 0. The first kappa shape index (κ1) is 18.8. The van der Waals surface area contributed by atoms with Gasteiger partial charge in [-0.1, -0.05) is 6.07 Å². The molecule has 3 aromatic rings. The van der Waals surface area contributed by atoms with Gasteiger partial charge in [0, 0.05) is 42.0 Å². The molecule has 0 unspecified atom stereocenters. The third-order valence-electron chi connectivity index (χ3n) is 5.57. The number of hydrogen-bond acceptors (Lipinski definition) is 6. The molecule has 0 N–H and O–H groups in total. The molecule has 5 rings (SSSR count). The second-order valence-electron chi connectivity index (χ2n) is 7.59. The van der Waals surface area contributed by atoms with Gasteiger partial charge in [-0.2, -0.15) is 0 Å². The first-order chi connectivity index (χ1) is 14.2. The molecule has 7 heteroatoms. The maximum atomic E-state index is 12.7. The molecule has 0 fully saturated rings. The molecule has 0 aliphatic carbocycles. The molecule has 0 saturated carbocycles. The number of thiophene rings is 1. The molecule has 0 spiro atoms. The number of benzene rings is 1. The summed E-state index contributed by atoms with van der Waals surface area (Å²) in [5, 5.41) is 4.14. The van der Waals surface area contributed by atoms with E-state index < -0.39 is 0 Å². The van der Waals surface area contributed by atoms with Crippen LogP contribution in [0.15, 0.2) is 40.5 Å². The Bertz CT molecular complexity index is 999. The van der Waals surface area contributed by atoms with E-state index in [4.69, 9.17) is 4.74 Å². The summed E-state index contributed by atoms with van der Waals surface area (Å²) in [6.07, 6.45) is 1.50. The predicted octanol–water partition coefficient (Wildman–Crippen LogP) is 3.73. The molecule has 5 nitrogen and oxygen atoms in total. The summed E-state index contributed by atoms with van der Waals surface area (Å²) in [6, 6.07) is 8.70. The van der Waals surface area contributed by atoms with Crippen LogP contribution in [0.3, 0.4) is 0 Å². The van der Waals surface area contributed by atoms with Crippen LogP contribution in [0.2, 0.25) is 0 Å². The van der Waals surface area contributed by atoms with E-state index in [1.165, 1.54) is 27.3 Å². The van der Waals surface area contributed by atoms with Crippen LogP contribution in [0.4, 0.5) is 0 Å². The zero-order valence-corrected chi connectivity index (χ0v) is 17.8. The summed E-state index contributed by atoms with van der Waals surface area (Å²) in [4.78, 5) is 22.9. The summed E-state index contributed by atoms with van der Waals surface area (Å²) in [5.74, 6) is 1.01. The maximum absolute atomic E-state index is 12.7. The van der Waals surface area contributed by atoms with Crippen molar-refractivity contribution in [3.63, 3.8) is 0 Å². The van der Waals surface area contributed by atoms with Gasteiger partial charge < -0.3 is 9.64 Å². The standard InChI is InChI=1S/C22H23N3O2S2/c26-22(10-19-14-28-15-23-19)25-6-7-27-20-2-1-16(9-18(20)13-25)11-24-5-3-21-17(12-24)4-8-29-21/h1-2,4,8-9,14-15H,3,5-7,10-13H2. The van der Waals surface area contributed by atoms with Gasteiger partial charge in [-0.15, -0.1) is 22.7 Å². The first-order valence-corrected chi connectivity index (χ1v) is 11.7. The summed E-state index contributed by atoms with van der Waals surface area (Å²) in [5.41, 5.74) is 6.46. The lowest BCUT2D eigenvalue weighted by atomic mass is 10.1. The minimum Gasteiger partial charge on any atom is -0.491 e. The van der Waals surface area contributed by atoms with E-state index >= 15 is 0 Å². The van der Waals surface area contributed by atoms with E-state index in [0.717, 1.165) is 43.1 Å². The monoisotopic (exact) mass is 425 g/mol. The minimum absolute atomic E-state index is 0.110. The van der Waals surface area contributed by atoms with Gasteiger partial charge in [0.25, 0.3) is 0 Å². The van der Waals surface area contributed by atoms with Crippen molar-refractivity contribution in [2.24, 2.45) is 0 Å². The number of amides is 1. The number of hydrogen-bond donors (Lipinski definition) is 0. The third kappa shape index (κ3) is 4.22. The van der Waals surface area contributed by atoms with E-state index in [9.17, 15) is 4.79 Å². The number of ether oxygens (including phenoxy) is 1. The Morgan fingerprint density at radius 1 is 1.17 bits per heavy atom. The summed E-state index contributed by atoms with van der Waals surface area (Å²) < 4.78 is 5.93. The zero-order chi connectivity index (χ0) is 19.6. The number of thiazole rings is 1. The van der Waals surface area contributed by atoms with Gasteiger partial charge in [0.05, 0.1) is 24.2 Å². The van der Waals surface area contributed by atoms with Gasteiger partial charge in [-0.05, 0) is 41.1 Å². The zero-order valence-electron chi connectivity index (χ0n) is 16.2. The van der Waals surface area contributed by atoms with E-state index in [0.29, 0.717) is 26.1 Å². The molecule has 0 bridgehead atoms. The molecular weight excluding hydrogens is 402 g/mol. The van der Waals surface area contributed by atoms with Gasteiger partial charge in [-0.25, -0.2) is 4.98 Å². The number of rotatable bonds is 4. The van der Waals surface area contributed by atoms with Crippen LogP contribution in [0.1, 0.15) is 27.3 Å². The van der Waals surface area contributed by atoms with Crippen molar-refractivity contribution < 1.29 is 9.53 Å². The van der Waals surface area contributed by atoms with Crippen molar-refractivity contribution >= 4 is 28.6 Å². The van der Waals surface area contributed by atoms with Gasteiger partial charge in [0.15, 0.2) is 0 Å². The Morgan fingerprint density at radius 3 is 3.03 bits per heavy atom. The molecule has 29 heavy (non-hydrogen) atoms. The largest absolute Gasteiger partial charge is 0.491 e. The van der Waals surface area contributed by atoms with Gasteiger partial charge >= 0.3 is 0 Å². The number of carbonyl (C=O) groups excluding carboxylic acids is 1. The molecule has 1 aromatic carbocycles. The maximum Gasteiger partial charge on any atom is 0.229 e. The van der Waals surface area contributed by atoms with Crippen LogP contribution in [0, 0.1) is 0 Å². The highest BCUT2D eigenvalue weighted by molar-refractivity contribution is 7.10. The Hall–Kier alpha value is -2.22. The molecule has 0 saturated heterocycles. The molecule has 150 valence electrons. The number of aromatic nitrogens is 1. The molecule has 0 atom stereocenters. The van der Waals surface area contributed by atoms with Gasteiger partial charge in [0.1, 0.15) is 12.4 Å². The lowest BCUT2D eigenvalue weighted by molar-refractivity contribution is -0.131. The second-order valence-corrected chi connectivity index (χ2v) is 9.31. The topological polar surface area (TPSA) is 45.7 Å². The third-order valence-corrected chi connectivity index (χ3v) is 7.22. The second kappa shape index (κ2) is 8.26. The Morgan fingerprint density at radius 2 is 2.14 bits per heavy atom. The quantitative estimate of drug-likeness (QED) is 0.639. The SMILES string of the molecule is O=C(Cc1cscn1)N1CCOc2ccc(CN3CCc4sccc4C3)cc2C1. The van der Waals surface area contributed by atoms with Gasteiger partial charge in [-0.3, -0.25) is 9.69 Å². The lowest BCUT2D eigenvalue weighted by Gasteiger charge is -2.27. The lowest BCUT2D eigenvalue weighted by Crippen LogP contribution is -2.33. The van der Waals surface area contributed by atoms with E-state index in [2.05, 4.69) is 39.5 Å². The molecule has 2 aliphatic heterocycles. The molecular formula is C22H23N3O2S2. The molecule has 2 aromatic heterocycles. The van der Waals surface area contributed by atoms with Crippen LogP contribution >= 0.6 is 22.7 Å². The Labute approximate surface area is 178 Å². The molecule has 2 aliphatic rings. The number of carbonyl (C=O) groups is 1. The molecule has 1 amide bonds. The Balaban J connectivity index is 1.28. The fourth-order valence-corrected chi connectivity index (χ4v) is 5.50. The number of fused-ring (bicyclic) bond motifs is 2. The first-order valence-electron chi connectivity index (χ1n) is 9.91. The highest BCUT2D eigenvalue weighted by Gasteiger charge is 2.22. The molecule has 4 heterocycles. The average molecular weight is 426 g/mol. The van der Waals surface area contributed by atoms with Crippen LogP contribution in [-0.4, -0.2) is 40.4 Å². The van der Waals surface area contributed by atoms with Crippen molar-refractivity contribution in [1.82, 2.24) is 14.8 Å². The number of nitrogens with zero attached hydrogens (tertiary/aromatic N) is 3. The summed E-state index contributed by atoms with van der Waals surface area (Å²) in [6.45, 7) is 4.78. The highest BCUT2D eigenvalue weighted by Crippen LogP contribution is 2.28. The highest BCUT2D eigenvalue weighted by atomic mass is 32.1. The van der Waals surface area contributed by atoms with Crippen molar-refractivity contribution in [3.8, 4) is 5.75 Å². The van der Waals surface area contributed by atoms with Crippen molar-refractivity contribution in [3.05, 3.63) is 67.8 Å². The van der Waals surface area contributed by atoms with Crippen LogP contribution in [0.25, 0.3) is 0 Å². The predicted molar refractivity (Wildman–Crippen MR) is 115 cm³/mol. The van der Waals surface area contributed by atoms with E-state index in [-0.39, 0.29) is 5.91 Å². The van der Waals surface area contributed by atoms with Crippen molar-refractivity contribution in [2.75, 3.05) is 19.7 Å². The Kier molecular flexibility index (Phi) is 5.35. The van der Waals surface area contributed by atoms with E-state index in [1.54, 1.807) is 5.51 Å². The molecule has 0 radical (unpaired) electrons. The smallest absolute Gasteiger partial charge is 0.229 e. The normalized spacial score (nSPS) is 16.6. The van der Waals surface area contributed by atoms with Gasteiger partial charge in [0.2, 0.25) is 5.91 Å². The van der Waals surface area contributed by atoms with Crippen LogP contribution in [-0.2, 0) is 37.3 Å². The summed E-state index contributed by atoms with van der Waals surface area (Å²) >= 11 is 3.40. The van der Waals surface area contributed by atoms with Crippen molar-refractivity contribution in [1.29, 1.82) is 0 Å². The van der Waals surface area contributed by atoms with Crippen LogP contribution < -0.4 is 4.74 Å². The van der Waals surface area contributed by atoms with E-state index in [1.807, 2.05) is 21.6 Å². The fraction of sp³-hybridized carbons (Fsp3) is 0.364. The van der Waals surface area contributed by atoms with Crippen LogP contribution in [0.5, 0.6) is 5.75 Å². The van der Waals surface area contributed by atoms with Crippen molar-refractivity contribution in [2.45, 2.75) is 32.5 Å².